The summed E-state index contributed by atoms with van der Waals surface area (Å²) in [5.74, 6) is 3.63. The van der Waals surface area contributed by atoms with Crippen molar-refractivity contribution in [2.45, 2.75) is 40.0 Å². The smallest absolute Gasteiger partial charge is 0.135 e. The van der Waals surface area contributed by atoms with Crippen LogP contribution >= 0.6 is 11.6 Å². The molecule has 0 aromatic carbocycles. The predicted molar refractivity (Wildman–Crippen MR) is 76.3 cm³/mol. The standard InChI is InChI=1S/C14H22ClN3/c1-9(2)14-16-12(15)7-13(17-14)18-6-5-10(3)11(4)8-18/h7,9-11H,5-6,8H2,1-4H3. The van der Waals surface area contributed by atoms with Crippen LogP contribution in [0.5, 0.6) is 0 Å². The Bertz CT molecular complexity index is 420. The molecule has 1 aliphatic heterocycles. The molecule has 3 nitrogen and oxygen atoms in total. The van der Waals surface area contributed by atoms with Crippen molar-refractivity contribution in [2.24, 2.45) is 11.8 Å². The van der Waals surface area contributed by atoms with Gasteiger partial charge in [0.1, 0.15) is 16.8 Å². The van der Waals surface area contributed by atoms with Crippen LogP contribution in [0.3, 0.4) is 0 Å². The zero-order valence-electron chi connectivity index (χ0n) is 11.7. The summed E-state index contributed by atoms with van der Waals surface area (Å²) < 4.78 is 0. The van der Waals surface area contributed by atoms with Crippen molar-refractivity contribution < 1.29 is 0 Å². The van der Waals surface area contributed by atoms with Crippen molar-refractivity contribution in [1.29, 1.82) is 0 Å². The number of hydrogen-bond donors (Lipinski definition) is 0. The van der Waals surface area contributed by atoms with E-state index in [9.17, 15) is 0 Å². The number of nitrogens with zero attached hydrogens (tertiary/aromatic N) is 3. The van der Waals surface area contributed by atoms with Crippen molar-refractivity contribution in [3.63, 3.8) is 0 Å². The van der Waals surface area contributed by atoms with Gasteiger partial charge in [-0.3, -0.25) is 0 Å². The van der Waals surface area contributed by atoms with Gasteiger partial charge in [0.2, 0.25) is 0 Å². The van der Waals surface area contributed by atoms with Gasteiger partial charge >= 0.3 is 0 Å². The van der Waals surface area contributed by atoms with Crippen molar-refractivity contribution >= 4 is 17.4 Å². The minimum absolute atomic E-state index is 0.309. The van der Waals surface area contributed by atoms with Gasteiger partial charge in [0.05, 0.1) is 0 Å². The second kappa shape index (κ2) is 5.43. The molecule has 0 spiro atoms. The summed E-state index contributed by atoms with van der Waals surface area (Å²) in [6, 6.07) is 1.89. The maximum Gasteiger partial charge on any atom is 0.135 e. The fraction of sp³-hybridized carbons (Fsp3) is 0.714. The van der Waals surface area contributed by atoms with Crippen molar-refractivity contribution in [2.75, 3.05) is 18.0 Å². The highest BCUT2D eigenvalue weighted by Crippen LogP contribution is 2.27. The molecule has 18 heavy (non-hydrogen) atoms. The topological polar surface area (TPSA) is 29.0 Å². The lowest BCUT2D eigenvalue weighted by molar-refractivity contribution is 0.322. The number of piperidine rings is 1. The molecule has 2 rings (SSSR count). The minimum atomic E-state index is 0.309. The van der Waals surface area contributed by atoms with Crippen LogP contribution < -0.4 is 4.90 Å². The first-order valence-electron chi connectivity index (χ1n) is 6.76. The van der Waals surface area contributed by atoms with Crippen LogP contribution in [0.2, 0.25) is 5.15 Å². The second-order valence-corrected chi connectivity index (χ2v) is 6.14. The van der Waals surface area contributed by atoms with E-state index >= 15 is 0 Å². The van der Waals surface area contributed by atoms with Crippen LogP contribution in [0, 0.1) is 11.8 Å². The summed E-state index contributed by atoms with van der Waals surface area (Å²) >= 11 is 6.10. The molecular weight excluding hydrogens is 246 g/mol. The van der Waals surface area contributed by atoms with E-state index in [1.807, 2.05) is 6.07 Å². The van der Waals surface area contributed by atoms with E-state index in [4.69, 9.17) is 11.6 Å². The van der Waals surface area contributed by atoms with E-state index in [1.54, 1.807) is 0 Å². The van der Waals surface area contributed by atoms with Gasteiger partial charge in [-0.1, -0.05) is 39.3 Å². The molecule has 1 fully saturated rings. The molecule has 0 bridgehead atoms. The molecule has 1 aliphatic rings. The third kappa shape index (κ3) is 2.94. The van der Waals surface area contributed by atoms with E-state index in [0.717, 1.165) is 30.6 Å². The number of anilines is 1. The average molecular weight is 268 g/mol. The summed E-state index contributed by atoms with van der Waals surface area (Å²) in [6.07, 6.45) is 1.22. The fourth-order valence-electron chi connectivity index (χ4n) is 2.31. The van der Waals surface area contributed by atoms with Crippen LogP contribution in [0.4, 0.5) is 5.82 Å². The summed E-state index contributed by atoms with van der Waals surface area (Å²) in [6.45, 7) is 11.0. The average Bonchev–Trinajstić information content (AvgIpc) is 2.31. The quantitative estimate of drug-likeness (QED) is 0.765. The molecule has 0 aliphatic carbocycles. The van der Waals surface area contributed by atoms with Crippen LogP contribution in [0.15, 0.2) is 6.07 Å². The van der Waals surface area contributed by atoms with Crippen molar-refractivity contribution in [3.05, 3.63) is 17.0 Å². The first-order valence-corrected chi connectivity index (χ1v) is 7.14. The summed E-state index contributed by atoms with van der Waals surface area (Å²) in [5, 5.41) is 0.551. The number of hydrogen-bond acceptors (Lipinski definition) is 3. The van der Waals surface area contributed by atoms with Gasteiger partial charge in [0.25, 0.3) is 0 Å². The molecular formula is C14H22ClN3. The minimum Gasteiger partial charge on any atom is -0.356 e. The number of rotatable bonds is 2. The van der Waals surface area contributed by atoms with Gasteiger partial charge in [-0.15, -0.1) is 0 Å². The fourth-order valence-corrected chi connectivity index (χ4v) is 2.50. The van der Waals surface area contributed by atoms with Crippen molar-refractivity contribution in [1.82, 2.24) is 9.97 Å². The molecule has 100 valence electrons. The lowest BCUT2D eigenvalue weighted by atomic mass is 9.89. The molecule has 0 radical (unpaired) electrons. The van der Waals surface area contributed by atoms with E-state index in [2.05, 4.69) is 42.6 Å². The van der Waals surface area contributed by atoms with Gasteiger partial charge in [0.15, 0.2) is 0 Å². The molecule has 0 amide bonds. The highest BCUT2D eigenvalue weighted by Gasteiger charge is 2.24. The Kier molecular flexibility index (Phi) is 4.10. The molecule has 2 heterocycles. The van der Waals surface area contributed by atoms with Crippen LogP contribution in [-0.4, -0.2) is 23.1 Å². The Hall–Kier alpha value is -0.830. The van der Waals surface area contributed by atoms with Gasteiger partial charge in [-0.25, -0.2) is 9.97 Å². The van der Waals surface area contributed by atoms with Crippen molar-refractivity contribution in [3.8, 4) is 0 Å². The molecule has 0 N–H and O–H groups in total. The Labute approximate surface area is 115 Å². The molecule has 1 aromatic heterocycles. The lowest BCUT2D eigenvalue weighted by Gasteiger charge is -2.36. The summed E-state index contributed by atoms with van der Waals surface area (Å²) in [5.41, 5.74) is 0. The molecule has 0 saturated carbocycles. The Morgan fingerprint density at radius 3 is 2.61 bits per heavy atom. The first kappa shape index (κ1) is 13.6. The monoisotopic (exact) mass is 267 g/mol. The molecule has 4 heteroatoms. The zero-order chi connectivity index (χ0) is 13.3. The van der Waals surface area contributed by atoms with Gasteiger partial charge < -0.3 is 4.90 Å². The van der Waals surface area contributed by atoms with E-state index in [-0.39, 0.29) is 0 Å². The highest BCUT2D eigenvalue weighted by molar-refractivity contribution is 6.29. The van der Waals surface area contributed by atoms with E-state index < -0.39 is 0 Å². The Morgan fingerprint density at radius 2 is 2.00 bits per heavy atom. The maximum atomic E-state index is 6.10. The van der Waals surface area contributed by atoms with Gasteiger partial charge in [-0.05, 0) is 18.3 Å². The normalized spacial score (nSPS) is 24.7. The van der Waals surface area contributed by atoms with Gasteiger partial charge in [-0.2, -0.15) is 0 Å². The first-order chi connectivity index (χ1) is 8.47. The molecule has 1 aromatic rings. The van der Waals surface area contributed by atoms with Gasteiger partial charge in [0, 0.05) is 25.1 Å². The van der Waals surface area contributed by atoms with E-state index in [0.29, 0.717) is 17.0 Å². The van der Waals surface area contributed by atoms with Crippen LogP contribution in [0.1, 0.15) is 45.9 Å². The molecule has 2 unspecified atom stereocenters. The second-order valence-electron chi connectivity index (χ2n) is 5.75. The van der Waals surface area contributed by atoms with Crippen LogP contribution in [-0.2, 0) is 0 Å². The Balaban J connectivity index is 2.23. The SMILES string of the molecule is CC(C)c1nc(Cl)cc(N2CCC(C)C(C)C2)n1. The third-order valence-electron chi connectivity index (χ3n) is 3.87. The highest BCUT2D eigenvalue weighted by atomic mass is 35.5. The van der Waals surface area contributed by atoms with E-state index in [1.165, 1.54) is 6.42 Å². The number of aromatic nitrogens is 2. The third-order valence-corrected chi connectivity index (χ3v) is 4.07. The molecule has 1 saturated heterocycles. The lowest BCUT2D eigenvalue weighted by Crippen LogP contribution is -2.39. The Morgan fingerprint density at radius 1 is 1.28 bits per heavy atom. The van der Waals surface area contributed by atoms with Crippen LogP contribution in [0.25, 0.3) is 0 Å². The summed E-state index contributed by atoms with van der Waals surface area (Å²) in [7, 11) is 0. The molecule has 2 atom stereocenters. The maximum absolute atomic E-state index is 6.10. The largest absolute Gasteiger partial charge is 0.356 e. The zero-order valence-corrected chi connectivity index (χ0v) is 12.4. The summed E-state index contributed by atoms with van der Waals surface area (Å²) in [4.78, 5) is 11.3. The number of halogens is 1. The predicted octanol–water partition coefficient (Wildman–Crippen LogP) is 3.74.